The molecule has 1 aromatic carbocycles. The normalized spacial score (nSPS) is 17.8. The standard InChI is InChI=1S/C28H31N5O6S2/c1-28(2,3)23-8-15(6-7-32(23)27(34)35)24-29-16(14-40-24)13-38-20-9-17(36-4)10-21-18(20)11-22(39-21)19-12-33-25(30-19)41-26(31-33)37-5/h9-12,14-15,23H,6-8,13H2,1-5H3,(H,34,35). The highest BCUT2D eigenvalue weighted by Crippen LogP contribution is 2.41. The van der Waals surface area contributed by atoms with Crippen LogP contribution in [0.4, 0.5) is 4.79 Å². The number of likely N-dealkylation sites (tertiary alicyclic amines) is 1. The van der Waals surface area contributed by atoms with Crippen molar-refractivity contribution in [2.75, 3.05) is 20.8 Å². The first kappa shape index (κ1) is 27.3. The van der Waals surface area contributed by atoms with Crippen LogP contribution in [0.1, 0.15) is 50.2 Å². The first-order valence-corrected chi connectivity index (χ1v) is 14.9. The molecule has 1 aliphatic heterocycles. The van der Waals surface area contributed by atoms with Crippen molar-refractivity contribution in [3.05, 3.63) is 40.5 Å². The minimum Gasteiger partial charge on any atom is -0.496 e. The van der Waals surface area contributed by atoms with Crippen molar-refractivity contribution in [1.82, 2.24) is 24.5 Å². The van der Waals surface area contributed by atoms with E-state index in [1.807, 2.05) is 23.6 Å². The van der Waals surface area contributed by atoms with Crippen LogP contribution < -0.4 is 14.2 Å². The molecule has 0 radical (unpaired) electrons. The number of methoxy groups -OCH3 is 2. The Bertz CT molecular complexity index is 1680. The van der Waals surface area contributed by atoms with E-state index < -0.39 is 6.09 Å². The van der Waals surface area contributed by atoms with Crippen LogP contribution in [0.5, 0.6) is 16.7 Å². The Balaban J connectivity index is 1.21. The Morgan fingerprint density at radius 1 is 1.20 bits per heavy atom. The molecule has 1 saturated heterocycles. The zero-order valence-corrected chi connectivity index (χ0v) is 25.0. The number of carboxylic acid groups (broad SMARTS) is 1. The number of nitrogens with zero attached hydrogens (tertiary/aromatic N) is 5. The molecule has 0 spiro atoms. The Morgan fingerprint density at radius 3 is 2.73 bits per heavy atom. The van der Waals surface area contributed by atoms with E-state index in [9.17, 15) is 9.90 Å². The average Bonchev–Trinajstić information content (AvgIpc) is 3.73. The number of aromatic nitrogens is 4. The number of imidazole rings is 1. The van der Waals surface area contributed by atoms with Crippen molar-refractivity contribution in [2.45, 2.75) is 52.2 Å². The maximum absolute atomic E-state index is 11.8. The van der Waals surface area contributed by atoms with Gasteiger partial charge in [0.1, 0.15) is 29.4 Å². The van der Waals surface area contributed by atoms with Gasteiger partial charge < -0.3 is 28.6 Å². The molecule has 0 bridgehead atoms. The van der Waals surface area contributed by atoms with Crippen molar-refractivity contribution in [3.8, 4) is 28.1 Å². The Morgan fingerprint density at radius 2 is 2.02 bits per heavy atom. The van der Waals surface area contributed by atoms with Crippen LogP contribution >= 0.6 is 22.7 Å². The van der Waals surface area contributed by atoms with Crippen molar-refractivity contribution in [1.29, 1.82) is 0 Å². The molecule has 1 N–H and O–H groups in total. The van der Waals surface area contributed by atoms with Gasteiger partial charge in [-0.05, 0) is 35.7 Å². The number of furan rings is 1. The van der Waals surface area contributed by atoms with Gasteiger partial charge >= 0.3 is 6.09 Å². The van der Waals surface area contributed by atoms with Gasteiger partial charge in [-0.15, -0.1) is 16.4 Å². The predicted octanol–water partition coefficient (Wildman–Crippen LogP) is 6.53. The number of fused-ring (bicyclic) bond motifs is 2. The molecule has 216 valence electrons. The molecule has 41 heavy (non-hydrogen) atoms. The van der Waals surface area contributed by atoms with Gasteiger partial charge in [0.2, 0.25) is 4.96 Å². The third kappa shape index (κ3) is 5.31. The monoisotopic (exact) mass is 597 g/mol. The number of carbonyl (C=O) groups is 1. The van der Waals surface area contributed by atoms with Gasteiger partial charge in [-0.3, -0.25) is 0 Å². The van der Waals surface area contributed by atoms with Gasteiger partial charge in [-0.2, -0.15) is 0 Å². The van der Waals surface area contributed by atoms with Crippen LogP contribution in [0.25, 0.3) is 27.4 Å². The van der Waals surface area contributed by atoms with Crippen LogP contribution in [0.15, 0.2) is 34.2 Å². The molecule has 4 aromatic heterocycles. The molecule has 2 atom stereocenters. The SMILES string of the molecule is COc1cc(OCc2csc(C3CCN(C(=O)O)C(C(C)(C)C)C3)n2)c2cc(-c3cn4nc(OC)sc4n3)oc2c1. The summed E-state index contributed by atoms with van der Waals surface area (Å²) in [7, 11) is 3.18. The first-order valence-electron chi connectivity index (χ1n) is 13.2. The van der Waals surface area contributed by atoms with E-state index >= 15 is 0 Å². The number of benzene rings is 1. The summed E-state index contributed by atoms with van der Waals surface area (Å²) in [6.07, 6.45) is 2.46. The molecule has 6 rings (SSSR count). The van der Waals surface area contributed by atoms with E-state index in [1.54, 1.807) is 41.2 Å². The summed E-state index contributed by atoms with van der Waals surface area (Å²) in [6.45, 7) is 7.07. The minimum absolute atomic E-state index is 0.0633. The molecule has 0 aliphatic carbocycles. The highest BCUT2D eigenvalue weighted by Gasteiger charge is 2.39. The Kier molecular flexibility index (Phi) is 7.02. The van der Waals surface area contributed by atoms with E-state index in [0.29, 0.717) is 45.2 Å². The van der Waals surface area contributed by atoms with E-state index in [2.05, 4.69) is 30.9 Å². The zero-order chi connectivity index (χ0) is 28.9. The number of amides is 1. The Hall–Kier alpha value is -3.84. The molecule has 1 amide bonds. The van der Waals surface area contributed by atoms with E-state index in [1.165, 1.54) is 11.3 Å². The third-order valence-corrected chi connectivity index (χ3v) is 9.34. The lowest BCUT2D eigenvalue weighted by Crippen LogP contribution is -2.51. The van der Waals surface area contributed by atoms with Crippen LogP contribution in [-0.2, 0) is 6.61 Å². The molecule has 5 aromatic rings. The van der Waals surface area contributed by atoms with Crippen molar-refractivity contribution < 1.29 is 28.5 Å². The summed E-state index contributed by atoms with van der Waals surface area (Å²) in [4.78, 5) is 23.6. The smallest absolute Gasteiger partial charge is 0.407 e. The van der Waals surface area contributed by atoms with E-state index in [-0.39, 0.29) is 24.0 Å². The second kappa shape index (κ2) is 10.5. The second-order valence-electron chi connectivity index (χ2n) is 11.1. The highest BCUT2D eigenvalue weighted by atomic mass is 32.1. The second-order valence-corrected chi connectivity index (χ2v) is 12.9. The van der Waals surface area contributed by atoms with Gasteiger partial charge in [0, 0.05) is 36.0 Å². The van der Waals surface area contributed by atoms with Crippen LogP contribution in [0, 0.1) is 5.41 Å². The number of hydrogen-bond acceptors (Lipinski definition) is 10. The van der Waals surface area contributed by atoms with Gasteiger partial charge in [0.15, 0.2) is 5.76 Å². The van der Waals surface area contributed by atoms with Gasteiger partial charge in [0.05, 0.1) is 36.5 Å². The maximum Gasteiger partial charge on any atom is 0.407 e. The first-order chi connectivity index (χ1) is 19.6. The molecule has 13 heteroatoms. The molecular weight excluding hydrogens is 566 g/mol. The van der Waals surface area contributed by atoms with Gasteiger partial charge in [-0.1, -0.05) is 20.8 Å². The van der Waals surface area contributed by atoms with Crippen molar-refractivity contribution in [3.63, 3.8) is 0 Å². The molecule has 2 unspecified atom stereocenters. The zero-order valence-electron chi connectivity index (χ0n) is 23.4. The molecule has 11 nitrogen and oxygen atoms in total. The molecule has 1 aliphatic rings. The lowest BCUT2D eigenvalue weighted by molar-refractivity contribution is 0.0525. The summed E-state index contributed by atoms with van der Waals surface area (Å²) in [5.74, 6) is 2.04. The summed E-state index contributed by atoms with van der Waals surface area (Å²) in [6, 6.07) is 5.50. The van der Waals surface area contributed by atoms with Crippen molar-refractivity contribution >= 4 is 44.7 Å². The fourth-order valence-electron chi connectivity index (χ4n) is 5.30. The summed E-state index contributed by atoms with van der Waals surface area (Å²) in [5, 5.41) is 18.4. The number of piperidine rings is 1. The molecule has 5 heterocycles. The summed E-state index contributed by atoms with van der Waals surface area (Å²) < 4.78 is 24.8. The minimum atomic E-state index is -0.853. The maximum atomic E-state index is 11.8. The Labute approximate surface area is 244 Å². The quantitative estimate of drug-likeness (QED) is 0.223. The lowest BCUT2D eigenvalue weighted by atomic mass is 9.77. The number of ether oxygens (including phenoxy) is 3. The van der Waals surface area contributed by atoms with E-state index in [4.69, 9.17) is 23.6 Å². The number of hydrogen-bond donors (Lipinski definition) is 1. The fourth-order valence-corrected chi connectivity index (χ4v) is 6.95. The fraction of sp³-hybridized carbons (Fsp3) is 0.429. The molecule has 1 fully saturated rings. The summed E-state index contributed by atoms with van der Waals surface area (Å²) in [5.41, 5.74) is 1.94. The molecular formula is C28H31N5O6S2. The number of rotatable bonds is 7. The third-order valence-electron chi connectivity index (χ3n) is 7.40. The predicted molar refractivity (Wildman–Crippen MR) is 156 cm³/mol. The van der Waals surface area contributed by atoms with Gasteiger partial charge in [0.25, 0.3) is 5.19 Å². The summed E-state index contributed by atoms with van der Waals surface area (Å²) >= 11 is 2.95. The van der Waals surface area contributed by atoms with Crippen LogP contribution in [-0.4, -0.2) is 62.5 Å². The van der Waals surface area contributed by atoms with Crippen LogP contribution in [0.2, 0.25) is 0 Å². The van der Waals surface area contributed by atoms with Crippen LogP contribution in [0.3, 0.4) is 0 Å². The average molecular weight is 598 g/mol. The topological polar surface area (TPSA) is 124 Å². The number of thiazole rings is 1. The largest absolute Gasteiger partial charge is 0.496 e. The van der Waals surface area contributed by atoms with Crippen molar-refractivity contribution in [2.24, 2.45) is 5.41 Å². The molecule has 0 saturated carbocycles. The van der Waals surface area contributed by atoms with Gasteiger partial charge in [-0.25, -0.2) is 19.3 Å². The van der Waals surface area contributed by atoms with E-state index in [0.717, 1.165) is 28.9 Å². The highest BCUT2D eigenvalue weighted by molar-refractivity contribution is 7.18. The lowest BCUT2D eigenvalue weighted by Gasteiger charge is -2.44.